The van der Waals surface area contributed by atoms with E-state index in [2.05, 4.69) is 0 Å². The number of carbonyl (C=O) groups excluding carboxylic acids is 1. The van der Waals surface area contributed by atoms with Crippen LogP contribution in [-0.4, -0.2) is 20.9 Å². The summed E-state index contributed by atoms with van der Waals surface area (Å²) >= 11 is 0.710. The monoisotopic (exact) mass is 72.0 g/mol. The van der Waals surface area contributed by atoms with Crippen LogP contribution >= 0.6 is 0 Å². The fourth-order valence-electron chi connectivity index (χ4n) is 0. The van der Waals surface area contributed by atoms with E-state index in [-0.39, 0.29) is 0 Å². The van der Waals surface area contributed by atoms with E-state index in [4.69, 9.17) is 0 Å². The van der Waals surface area contributed by atoms with Gasteiger partial charge in [0.05, 0.1) is 0 Å². The standard InChI is InChI=1S/C2H3O.Al.2H/c1-2-3;;;/h1H3;;;. The molecule has 0 unspecified atom stereocenters. The highest BCUT2D eigenvalue weighted by atomic mass is 27.0. The number of hydrogen-bond donors (Lipinski definition) is 0. The van der Waals surface area contributed by atoms with Crippen LogP contribution in [-0.2, 0) is 4.79 Å². The summed E-state index contributed by atoms with van der Waals surface area (Å²) in [6.07, 6.45) is 0. The molecule has 0 atom stereocenters. The van der Waals surface area contributed by atoms with E-state index in [0.717, 1.165) is 0 Å². The van der Waals surface area contributed by atoms with Crippen LogP contribution in [0.15, 0.2) is 0 Å². The van der Waals surface area contributed by atoms with Gasteiger partial charge in [-0.1, -0.05) is 0 Å². The largest absolute Gasteiger partial charge is 0.322 e. The van der Waals surface area contributed by atoms with Crippen molar-refractivity contribution in [1.82, 2.24) is 0 Å². The predicted octanol–water partition coefficient (Wildman–Crippen LogP) is -0.834. The van der Waals surface area contributed by atoms with Crippen LogP contribution in [0.1, 0.15) is 6.92 Å². The van der Waals surface area contributed by atoms with E-state index < -0.39 is 0 Å². The van der Waals surface area contributed by atoms with Gasteiger partial charge in [0.25, 0.3) is 0 Å². The zero-order valence-electron chi connectivity index (χ0n) is 2.91. The zero-order valence-corrected chi connectivity index (χ0v) is 4.91. The molecule has 0 saturated carbocycles. The van der Waals surface area contributed by atoms with Gasteiger partial charge in [0.1, 0.15) is 0 Å². The SMILES string of the molecule is C[C](=O)[AlH2]. The molecule has 0 saturated heterocycles. The molecule has 1 nitrogen and oxygen atoms in total. The second kappa shape index (κ2) is 1.51. The van der Waals surface area contributed by atoms with Crippen molar-refractivity contribution in [2.45, 2.75) is 6.92 Å². The first-order valence-corrected chi connectivity index (χ1v) is 2.20. The Labute approximate surface area is 33.4 Å². The zero-order chi connectivity index (χ0) is 3.58. The van der Waals surface area contributed by atoms with Gasteiger partial charge in [-0.05, 0) is 6.92 Å². The summed E-state index contributed by atoms with van der Waals surface area (Å²) in [6.45, 7) is 1.59. The van der Waals surface area contributed by atoms with Crippen LogP contribution in [0, 0.1) is 0 Å². The Bertz CT molecular complexity index is 29.0. The van der Waals surface area contributed by atoms with E-state index in [0.29, 0.717) is 20.9 Å². The molecule has 0 amide bonds. The molecular formula is C2H5AlO. The first-order chi connectivity index (χ1) is 1.73. The lowest BCUT2D eigenvalue weighted by atomic mass is 10.9. The van der Waals surface area contributed by atoms with Gasteiger partial charge in [0.2, 0.25) is 0 Å². The quantitative estimate of drug-likeness (QED) is 0.341. The summed E-state index contributed by atoms with van der Waals surface area (Å²) in [7, 11) is 0. The molecule has 0 aliphatic carbocycles. The highest BCUT2D eigenvalue weighted by molar-refractivity contribution is 6.56. The highest BCUT2D eigenvalue weighted by Crippen LogP contribution is 1.40. The molecule has 0 aliphatic rings. The van der Waals surface area contributed by atoms with E-state index in [1.165, 1.54) is 0 Å². The van der Waals surface area contributed by atoms with Crippen molar-refractivity contribution >= 4 is 20.9 Å². The van der Waals surface area contributed by atoms with E-state index in [1.807, 2.05) is 0 Å². The lowest BCUT2D eigenvalue weighted by molar-refractivity contribution is -0.109. The molecule has 22 valence electrons. The first kappa shape index (κ1) is 4.20. The summed E-state index contributed by atoms with van der Waals surface area (Å²) < 4.78 is 0.306. The molecule has 2 heteroatoms. The lowest BCUT2D eigenvalue weighted by Gasteiger charge is -1.55. The van der Waals surface area contributed by atoms with Gasteiger partial charge in [-0.3, -0.25) is 0 Å². The van der Waals surface area contributed by atoms with Gasteiger partial charge < -0.3 is 4.79 Å². The van der Waals surface area contributed by atoms with Crippen molar-refractivity contribution in [3.63, 3.8) is 0 Å². The van der Waals surface area contributed by atoms with E-state index >= 15 is 0 Å². The molecule has 0 aromatic carbocycles. The smallest absolute Gasteiger partial charge is 0.318 e. The van der Waals surface area contributed by atoms with Gasteiger partial charge in [-0.2, -0.15) is 0 Å². The maximum atomic E-state index is 9.51. The first-order valence-electron chi connectivity index (χ1n) is 1.20. The molecule has 0 fully saturated rings. The molecule has 0 heterocycles. The Morgan fingerprint density at radius 1 is 2.00 bits per heavy atom. The molecular weight excluding hydrogens is 67.0 g/mol. The van der Waals surface area contributed by atoms with Crippen molar-refractivity contribution in [2.24, 2.45) is 0 Å². The summed E-state index contributed by atoms with van der Waals surface area (Å²) in [6, 6.07) is 0. The number of hydrogen-bond acceptors (Lipinski definition) is 1. The average Bonchev–Trinajstić information content (AvgIpc) is 0.811. The summed E-state index contributed by atoms with van der Waals surface area (Å²) in [4.78, 5) is 9.51. The average molecular weight is 72.0 g/mol. The van der Waals surface area contributed by atoms with Gasteiger partial charge in [-0.15, -0.1) is 0 Å². The Morgan fingerprint density at radius 2 is 2.00 bits per heavy atom. The fourth-order valence-corrected chi connectivity index (χ4v) is 0. The van der Waals surface area contributed by atoms with Gasteiger partial charge in [0.15, 0.2) is 0 Å². The Kier molecular flexibility index (Phi) is 1.59. The van der Waals surface area contributed by atoms with Crippen molar-refractivity contribution in [3.8, 4) is 0 Å². The van der Waals surface area contributed by atoms with Crippen molar-refractivity contribution < 1.29 is 4.79 Å². The van der Waals surface area contributed by atoms with Gasteiger partial charge >= 0.3 is 16.3 Å². The van der Waals surface area contributed by atoms with Crippen LogP contribution in [0.25, 0.3) is 0 Å². The third-order valence-corrected chi connectivity index (χ3v) is 0. The molecule has 4 heavy (non-hydrogen) atoms. The molecule has 0 aliphatic heterocycles. The number of rotatable bonds is 0. The van der Waals surface area contributed by atoms with Crippen LogP contribution < -0.4 is 0 Å². The molecule has 0 rings (SSSR count). The van der Waals surface area contributed by atoms with Crippen molar-refractivity contribution in [2.75, 3.05) is 0 Å². The third-order valence-electron chi connectivity index (χ3n) is 0. The fraction of sp³-hybridized carbons (Fsp3) is 0.500. The number of carbonyl (C=O) groups is 1. The molecule has 0 aromatic heterocycles. The van der Waals surface area contributed by atoms with Crippen LogP contribution in [0.2, 0.25) is 0 Å². The Morgan fingerprint density at radius 3 is 2.00 bits per heavy atom. The Hall–Kier alpha value is 0.202. The van der Waals surface area contributed by atoms with Crippen molar-refractivity contribution in [3.05, 3.63) is 0 Å². The summed E-state index contributed by atoms with van der Waals surface area (Å²) in [5.41, 5.74) is 0. The highest BCUT2D eigenvalue weighted by Gasteiger charge is 1.65. The molecule has 0 aromatic rings. The minimum absolute atomic E-state index is 0.306. The molecule has 0 N–H and O–H groups in total. The predicted molar refractivity (Wildman–Crippen MR) is 19.2 cm³/mol. The van der Waals surface area contributed by atoms with Crippen LogP contribution in [0.4, 0.5) is 0 Å². The van der Waals surface area contributed by atoms with Gasteiger partial charge in [0, 0.05) is 4.65 Å². The van der Waals surface area contributed by atoms with E-state index in [1.54, 1.807) is 6.92 Å². The minimum atomic E-state index is 0.306. The maximum Gasteiger partial charge on any atom is 0.318 e. The third kappa shape index (κ3) is 77.7. The van der Waals surface area contributed by atoms with Crippen LogP contribution in [0.3, 0.4) is 0 Å². The van der Waals surface area contributed by atoms with E-state index in [9.17, 15) is 4.79 Å². The van der Waals surface area contributed by atoms with Gasteiger partial charge in [-0.25, -0.2) is 0 Å². The summed E-state index contributed by atoms with van der Waals surface area (Å²) in [5.74, 6) is 0. The lowest BCUT2D eigenvalue weighted by Crippen LogP contribution is -1.80. The normalized spacial score (nSPS) is 6.25. The summed E-state index contributed by atoms with van der Waals surface area (Å²) in [5, 5.41) is 0. The van der Waals surface area contributed by atoms with Crippen LogP contribution in [0.5, 0.6) is 0 Å². The maximum absolute atomic E-state index is 9.51. The molecule has 0 spiro atoms. The molecule has 0 bridgehead atoms. The Balaban J connectivity index is 2.80. The second-order valence-corrected chi connectivity index (χ2v) is 2.32. The van der Waals surface area contributed by atoms with Crippen molar-refractivity contribution in [1.29, 1.82) is 0 Å². The molecule has 0 radical (unpaired) electrons. The topological polar surface area (TPSA) is 17.1 Å². The second-order valence-electron chi connectivity index (χ2n) is 0.908. The minimum Gasteiger partial charge on any atom is -0.322 e.